The van der Waals surface area contributed by atoms with E-state index in [2.05, 4.69) is 30.8 Å². The van der Waals surface area contributed by atoms with Gasteiger partial charge in [0.1, 0.15) is 0 Å². The van der Waals surface area contributed by atoms with Crippen molar-refractivity contribution in [2.45, 2.75) is 6.42 Å². The van der Waals surface area contributed by atoms with Crippen LogP contribution in [0.5, 0.6) is 0 Å². The molecule has 1 nitrogen and oxygen atoms in total. The van der Waals surface area contributed by atoms with E-state index in [0.717, 1.165) is 23.1 Å². The molecule has 0 saturated carbocycles. The topological polar surface area (TPSA) is 26.0 Å². The molecule has 2 N–H and O–H groups in total. The molecule has 0 fully saturated rings. The molecule has 14 heavy (non-hydrogen) atoms. The standard InChI is InChI=1S/C13H13N/c1-2-5-11-9-8-10-6-3-4-7-12(10)13(11)14/h2-4,6-9H,1,5,14H2. The molecule has 0 aromatic heterocycles. The van der Waals surface area contributed by atoms with Crippen molar-refractivity contribution in [3.8, 4) is 0 Å². The molecule has 0 atom stereocenters. The summed E-state index contributed by atoms with van der Waals surface area (Å²) in [5.74, 6) is 0. The van der Waals surface area contributed by atoms with Crippen LogP contribution in [0.2, 0.25) is 0 Å². The zero-order valence-corrected chi connectivity index (χ0v) is 8.03. The number of rotatable bonds is 2. The number of benzene rings is 2. The first-order valence-corrected chi connectivity index (χ1v) is 4.70. The van der Waals surface area contributed by atoms with E-state index in [0.29, 0.717) is 0 Å². The maximum Gasteiger partial charge on any atom is 0.0429 e. The molecule has 2 aromatic rings. The molecule has 2 rings (SSSR count). The van der Waals surface area contributed by atoms with Gasteiger partial charge >= 0.3 is 0 Å². The summed E-state index contributed by atoms with van der Waals surface area (Å²) in [6.07, 6.45) is 2.71. The van der Waals surface area contributed by atoms with Crippen LogP contribution in [0.25, 0.3) is 10.8 Å². The molecule has 0 aliphatic heterocycles. The average Bonchev–Trinajstić information content (AvgIpc) is 2.23. The SMILES string of the molecule is C=CCc1ccc2ccccc2c1N. The number of nitrogens with two attached hydrogens (primary N) is 1. The van der Waals surface area contributed by atoms with Gasteiger partial charge in [0, 0.05) is 11.1 Å². The molecule has 0 heterocycles. The second-order valence-corrected chi connectivity index (χ2v) is 3.35. The molecule has 0 spiro atoms. The molecule has 0 aliphatic carbocycles. The normalized spacial score (nSPS) is 10.3. The van der Waals surface area contributed by atoms with Crippen LogP contribution in [0.4, 0.5) is 5.69 Å². The van der Waals surface area contributed by atoms with Crippen molar-refractivity contribution in [3.63, 3.8) is 0 Å². The van der Waals surface area contributed by atoms with Gasteiger partial charge in [-0.3, -0.25) is 0 Å². The Morgan fingerprint density at radius 3 is 2.71 bits per heavy atom. The molecule has 70 valence electrons. The lowest BCUT2D eigenvalue weighted by Gasteiger charge is -2.06. The third kappa shape index (κ3) is 1.37. The molecule has 0 radical (unpaired) electrons. The van der Waals surface area contributed by atoms with Crippen molar-refractivity contribution in [1.29, 1.82) is 0 Å². The van der Waals surface area contributed by atoms with Crippen molar-refractivity contribution in [1.82, 2.24) is 0 Å². The minimum atomic E-state index is 0.830. The van der Waals surface area contributed by atoms with Gasteiger partial charge in [-0.25, -0.2) is 0 Å². The minimum absolute atomic E-state index is 0.830. The summed E-state index contributed by atoms with van der Waals surface area (Å²) < 4.78 is 0. The zero-order valence-electron chi connectivity index (χ0n) is 8.03. The van der Waals surface area contributed by atoms with E-state index in [9.17, 15) is 0 Å². The van der Waals surface area contributed by atoms with Gasteiger partial charge in [0.2, 0.25) is 0 Å². The van der Waals surface area contributed by atoms with Crippen LogP contribution >= 0.6 is 0 Å². The molecular weight excluding hydrogens is 170 g/mol. The van der Waals surface area contributed by atoms with Gasteiger partial charge < -0.3 is 5.73 Å². The Hall–Kier alpha value is -1.76. The monoisotopic (exact) mass is 183 g/mol. The molecule has 2 aromatic carbocycles. The summed E-state index contributed by atoms with van der Waals surface area (Å²) in [6, 6.07) is 12.3. The van der Waals surface area contributed by atoms with E-state index in [-0.39, 0.29) is 0 Å². The Balaban J connectivity index is 2.68. The van der Waals surface area contributed by atoms with E-state index < -0.39 is 0 Å². The summed E-state index contributed by atoms with van der Waals surface area (Å²) in [5.41, 5.74) is 8.09. The van der Waals surface area contributed by atoms with E-state index >= 15 is 0 Å². The molecular formula is C13H13N. The maximum atomic E-state index is 6.06. The Morgan fingerprint density at radius 2 is 1.93 bits per heavy atom. The minimum Gasteiger partial charge on any atom is -0.398 e. The number of nitrogen functional groups attached to an aromatic ring is 1. The predicted molar refractivity (Wildman–Crippen MR) is 62.3 cm³/mol. The van der Waals surface area contributed by atoms with Gasteiger partial charge in [0.05, 0.1) is 0 Å². The molecule has 0 saturated heterocycles. The van der Waals surface area contributed by atoms with Gasteiger partial charge in [-0.15, -0.1) is 6.58 Å². The van der Waals surface area contributed by atoms with E-state index in [1.165, 1.54) is 5.39 Å². The summed E-state index contributed by atoms with van der Waals surface area (Å²) in [4.78, 5) is 0. The highest BCUT2D eigenvalue weighted by Gasteiger charge is 2.01. The number of allylic oxidation sites excluding steroid dienone is 1. The Morgan fingerprint density at radius 1 is 1.14 bits per heavy atom. The molecule has 1 heteroatoms. The second kappa shape index (κ2) is 3.54. The third-order valence-electron chi connectivity index (χ3n) is 2.43. The van der Waals surface area contributed by atoms with Gasteiger partial charge in [-0.05, 0) is 17.4 Å². The lowest BCUT2D eigenvalue weighted by Crippen LogP contribution is -1.94. The van der Waals surface area contributed by atoms with Crippen molar-refractivity contribution < 1.29 is 0 Å². The van der Waals surface area contributed by atoms with Crippen molar-refractivity contribution in [2.75, 3.05) is 5.73 Å². The van der Waals surface area contributed by atoms with Crippen molar-refractivity contribution in [3.05, 3.63) is 54.6 Å². The van der Waals surface area contributed by atoms with Gasteiger partial charge in [0.25, 0.3) is 0 Å². The summed E-state index contributed by atoms with van der Waals surface area (Å²) in [7, 11) is 0. The fourth-order valence-corrected chi connectivity index (χ4v) is 1.67. The highest BCUT2D eigenvalue weighted by atomic mass is 14.6. The van der Waals surface area contributed by atoms with Crippen LogP contribution < -0.4 is 5.73 Å². The fourth-order valence-electron chi connectivity index (χ4n) is 1.67. The Bertz CT molecular complexity index is 472. The Kier molecular flexibility index (Phi) is 2.23. The maximum absolute atomic E-state index is 6.06. The lowest BCUT2D eigenvalue weighted by molar-refractivity contribution is 1.29. The van der Waals surface area contributed by atoms with E-state index in [4.69, 9.17) is 5.73 Å². The molecule has 0 bridgehead atoms. The average molecular weight is 183 g/mol. The number of hydrogen-bond acceptors (Lipinski definition) is 1. The van der Waals surface area contributed by atoms with E-state index in [1.54, 1.807) is 0 Å². The van der Waals surface area contributed by atoms with Gasteiger partial charge in [-0.1, -0.05) is 42.5 Å². The van der Waals surface area contributed by atoms with Crippen molar-refractivity contribution >= 4 is 16.5 Å². The van der Waals surface area contributed by atoms with E-state index in [1.807, 2.05) is 18.2 Å². The zero-order chi connectivity index (χ0) is 9.97. The second-order valence-electron chi connectivity index (χ2n) is 3.35. The van der Waals surface area contributed by atoms with Crippen LogP contribution in [0.1, 0.15) is 5.56 Å². The third-order valence-corrected chi connectivity index (χ3v) is 2.43. The lowest BCUT2D eigenvalue weighted by atomic mass is 10.0. The molecule has 0 aliphatic rings. The number of hydrogen-bond donors (Lipinski definition) is 1. The van der Waals surface area contributed by atoms with Crippen LogP contribution in [-0.2, 0) is 6.42 Å². The van der Waals surface area contributed by atoms with Gasteiger partial charge in [-0.2, -0.15) is 0 Å². The largest absolute Gasteiger partial charge is 0.398 e. The summed E-state index contributed by atoms with van der Waals surface area (Å²) in [6.45, 7) is 3.72. The fraction of sp³-hybridized carbons (Fsp3) is 0.0769. The first kappa shape index (κ1) is 8.82. The number of anilines is 1. The van der Waals surface area contributed by atoms with Crippen LogP contribution in [0, 0.1) is 0 Å². The van der Waals surface area contributed by atoms with Crippen LogP contribution in [0.3, 0.4) is 0 Å². The first-order chi connectivity index (χ1) is 6.83. The quantitative estimate of drug-likeness (QED) is 0.561. The highest BCUT2D eigenvalue weighted by molar-refractivity contribution is 5.94. The van der Waals surface area contributed by atoms with Crippen molar-refractivity contribution in [2.24, 2.45) is 0 Å². The highest BCUT2D eigenvalue weighted by Crippen LogP contribution is 2.24. The van der Waals surface area contributed by atoms with Crippen LogP contribution in [0.15, 0.2) is 49.1 Å². The van der Waals surface area contributed by atoms with Crippen LogP contribution in [-0.4, -0.2) is 0 Å². The Labute approximate surface area is 83.9 Å². The molecule has 0 unspecified atom stereocenters. The smallest absolute Gasteiger partial charge is 0.0429 e. The molecule has 0 amide bonds. The first-order valence-electron chi connectivity index (χ1n) is 4.70. The van der Waals surface area contributed by atoms with Gasteiger partial charge in [0.15, 0.2) is 0 Å². The predicted octanol–water partition coefficient (Wildman–Crippen LogP) is 3.15. The summed E-state index contributed by atoms with van der Waals surface area (Å²) in [5, 5.41) is 2.32. The summed E-state index contributed by atoms with van der Waals surface area (Å²) >= 11 is 0. The number of fused-ring (bicyclic) bond motifs is 1.